The van der Waals surface area contributed by atoms with E-state index in [1.54, 1.807) is 7.11 Å². The van der Waals surface area contributed by atoms with Crippen LogP contribution in [-0.4, -0.2) is 17.3 Å². The van der Waals surface area contributed by atoms with Crippen molar-refractivity contribution in [2.45, 2.75) is 51.2 Å². The molecule has 1 aromatic rings. The Hall–Kier alpha value is -0.940. The predicted molar refractivity (Wildman–Crippen MR) is 63.2 cm³/mol. The molecule has 17 heavy (non-hydrogen) atoms. The van der Waals surface area contributed by atoms with Crippen LogP contribution in [0.3, 0.4) is 0 Å². The molecule has 5 heteroatoms. The van der Waals surface area contributed by atoms with Crippen molar-refractivity contribution < 1.29 is 9.26 Å². The van der Waals surface area contributed by atoms with Gasteiger partial charge in [-0.15, -0.1) is 0 Å². The van der Waals surface area contributed by atoms with Crippen LogP contribution in [-0.2, 0) is 10.3 Å². The maximum Gasteiger partial charge on any atom is 0.243 e. The third-order valence-corrected chi connectivity index (χ3v) is 3.94. The lowest BCUT2D eigenvalue weighted by Gasteiger charge is -2.37. The van der Waals surface area contributed by atoms with Gasteiger partial charge in [-0.3, -0.25) is 0 Å². The molecule has 2 unspecified atom stereocenters. The molecule has 0 spiro atoms. The fourth-order valence-electron chi connectivity index (χ4n) is 2.07. The van der Waals surface area contributed by atoms with Crippen LogP contribution in [0.2, 0.25) is 0 Å². The Morgan fingerprint density at radius 2 is 2.24 bits per heavy atom. The van der Waals surface area contributed by atoms with Gasteiger partial charge < -0.3 is 15.0 Å². The quantitative estimate of drug-likeness (QED) is 0.852. The molecule has 0 aromatic carbocycles. The molecule has 0 radical (unpaired) electrons. The number of rotatable bonds is 5. The second-order valence-electron chi connectivity index (χ2n) is 4.92. The lowest BCUT2D eigenvalue weighted by Crippen LogP contribution is -2.37. The average molecular weight is 239 g/mol. The zero-order valence-electron chi connectivity index (χ0n) is 10.8. The van der Waals surface area contributed by atoms with Gasteiger partial charge in [-0.2, -0.15) is 4.98 Å². The van der Waals surface area contributed by atoms with Crippen LogP contribution in [0.1, 0.15) is 57.3 Å². The maximum atomic E-state index is 6.07. The molecule has 0 saturated heterocycles. The highest BCUT2D eigenvalue weighted by Gasteiger charge is 2.43. The number of hydrogen-bond acceptors (Lipinski definition) is 5. The van der Waals surface area contributed by atoms with Crippen molar-refractivity contribution in [2.75, 3.05) is 7.11 Å². The van der Waals surface area contributed by atoms with Crippen LogP contribution in [0.25, 0.3) is 0 Å². The molecular weight excluding hydrogens is 218 g/mol. The summed E-state index contributed by atoms with van der Waals surface area (Å²) in [4.78, 5) is 4.42. The van der Waals surface area contributed by atoms with Crippen LogP contribution in [0.15, 0.2) is 4.52 Å². The van der Waals surface area contributed by atoms with Crippen LogP contribution in [0.4, 0.5) is 0 Å². The first kappa shape index (κ1) is 12.5. The minimum Gasteiger partial charge on any atom is -0.370 e. The smallest absolute Gasteiger partial charge is 0.243 e. The molecular formula is C12H21N3O2. The summed E-state index contributed by atoms with van der Waals surface area (Å²) in [6.07, 6.45) is 4.06. The van der Waals surface area contributed by atoms with Gasteiger partial charge in [0.2, 0.25) is 11.7 Å². The fraction of sp³-hybridized carbons (Fsp3) is 0.833. The van der Waals surface area contributed by atoms with Crippen molar-refractivity contribution in [2.24, 2.45) is 11.7 Å². The lowest BCUT2D eigenvalue weighted by molar-refractivity contribution is -0.0858. The molecule has 1 fully saturated rings. The summed E-state index contributed by atoms with van der Waals surface area (Å²) in [6.45, 7) is 4.19. The van der Waals surface area contributed by atoms with Gasteiger partial charge in [0.1, 0.15) is 5.60 Å². The molecule has 1 aliphatic carbocycles. The van der Waals surface area contributed by atoms with Gasteiger partial charge >= 0.3 is 0 Å². The van der Waals surface area contributed by atoms with Crippen molar-refractivity contribution in [1.29, 1.82) is 0 Å². The molecule has 0 aliphatic heterocycles. The molecule has 0 amide bonds. The van der Waals surface area contributed by atoms with Crippen molar-refractivity contribution >= 4 is 0 Å². The number of hydrogen-bond donors (Lipinski definition) is 1. The standard InChI is InChI=1S/C12H21N3O2/c1-4-8(2)9(13)10-14-11(15-17-10)12(16-3)6-5-7-12/h8-9H,4-7,13H2,1-3H3. The molecule has 1 aliphatic rings. The molecule has 2 atom stereocenters. The molecule has 96 valence electrons. The molecule has 5 nitrogen and oxygen atoms in total. The van der Waals surface area contributed by atoms with E-state index in [1.165, 1.54) is 0 Å². The van der Waals surface area contributed by atoms with Gasteiger partial charge in [-0.25, -0.2) is 0 Å². The van der Waals surface area contributed by atoms with E-state index in [2.05, 4.69) is 24.0 Å². The van der Waals surface area contributed by atoms with Gasteiger partial charge in [-0.05, 0) is 25.2 Å². The van der Waals surface area contributed by atoms with Crippen LogP contribution < -0.4 is 5.73 Å². The number of nitrogens with zero attached hydrogens (tertiary/aromatic N) is 2. The highest BCUT2D eigenvalue weighted by molar-refractivity contribution is 5.07. The number of nitrogens with two attached hydrogens (primary N) is 1. The lowest BCUT2D eigenvalue weighted by atomic mass is 9.79. The highest BCUT2D eigenvalue weighted by Crippen LogP contribution is 2.43. The largest absolute Gasteiger partial charge is 0.370 e. The Balaban J connectivity index is 2.15. The van der Waals surface area contributed by atoms with E-state index in [0.717, 1.165) is 25.7 Å². The van der Waals surface area contributed by atoms with Crippen molar-refractivity contribution in [3.05, 3.63) is 11.7 Å². The predicted octanol–water partition coefficient (Wildman–Crippen LogP) is 2.14. The summed E-state index contributed by atoms with van der Waals surface area (Å²) in [5, 5.41) is 4.03. The van der Waals surface area contributed by atoms with Crippen LogP contribution in [0.5, 0.6) is 0 Å². The second-order valence-corrected chi connectivity index (χ2v) is 4.92. The topological polar surface area (TPSA) is 74.2 Å². The average Bonchev–Trinajstić information content (AvgIpc) is 2.76. The second kappa shape index (κ2) is 4.74. The normalized spacial score (nSPS) is 21.9. The first-order valence-electron chi connectivity index (χ1n) is 6.28. The maximum absolute atomic E-state index is 6.07. The first-order valence-corrected chi connectivity index (χ1v) is 6.28. The van der Waals surface area contributed by atoms with E-state index < -0.39 is 0 Å². The highest BCUT2D eigenvalue weighted by atomic mass is 16.5. The van der Waals surface area contributed by atoms with E-state index in [1.807, 2.05) is 0 Å². The van der Waals surface area contributed by atoms with E-state index in [0.29, 0.717) is 17.6 Å². The Labute approximate surface area is 102 Å². The zero-order valence-corrected chi connectivity index (χ0v) is 10.8. The summed E-state index contributed by atoms with van der Waals surface area (Å²) in [7, 11) is 1.70. The Morgan fingerprint density at radius 1 is 1.53 bits per heavy atom. The fourth-order valence-corrected chi connectivity index (χ4v) is 2.07. The van der Waals surface area contributed by atoms with Crippen molar-refractivity contribution in [1.82, 2.24) is 10.1 Å². The number of methoxy groups -OCH3 is 1. The number of ether oxygens (including phenoxy) is 1. The summed E-state index contributed by atoms with van der Waals surface area (Å²) >= 11 is 0. The van der Waals surface area contributed by atoms with Gasteiger partial charge in [0.05, 0.1) is 6.04 Å². The Kier molecular flexibility index (Phi) is 3.49. The van der Waals surface area contributed by atoms with E-state index in [4.69, 9.17) is 15.0 Å². The van der Waals surface area contributed by atoms with Crippen molar-refractivity contribution in [3.63, 3.8) is 0 Å². The Morgan fingerprint density at radius 3 is 2.71 bits per heavy atom. The van der Waals surface area contributed by atoms with Gasteiger partial charge in [0, 0.05) is 7.11 Å². The summed E-state index contributed by atoms with van der Waals surface area (Å²) < 4.78 is 10.8. The minimum absolute atomic E-state index is 0.185. The molecule has 2 rings (SSSR count). The summed E-state index contributed by atoms with van der Waals surface area (Å²) in [5.74, 6) is 1.51. The SMILES string of the molecule is CCC(C)C(N)c1nc(C2(OC)CCC2)no1. The van der Waals surface area contributed by atoms with Crippen LogP contribution >= 0.6 is 0 Å². The van der Waals surface area contributed by atoms with Crippen molar-refractivity contribution in [3.8, 4) is 0 Å². The Bertz CT molecular complexity index is 368. The minimum atomic E-state index is -0.322. The molecule has 0 bridgehead atoms. The summed E-state index contributed by atoms with van der Waals surface area (Å²) in [5.41, 5.74) is 5.75. The monoisotopic (exact) mass is 239 g/mol. The van der Waals surface area contributed by atoms with E-state index >= 15 is 0 Å². The van der Waals surface area contributed by atoms with E-state index in [9.17, 15) is 0 Å². The molecule has 2 N–H and O–H groups in total. The summed E-state index contributed by atoms with van der Waals surface area (Å²) in [6, 6.07) is -0.185. The third-order valence-electron chi connectivity index (χ3n) is 3.94. The van der Waals surface area contributed by atoms with Gasteiger partial charge in [-0.1, -0.05) is 25.4 Å². The van der Waals surface area contributed by atoms with Crippen LogP contribution in [0, 0.1) is 5.92 Å². The number of aromatic nitrogens is 2. The molecule has 1 aromatic heterocycles. The van der Waals surface area contributed by atoms with Gasteiger partial charge in [0.15, 0.2) is 0 Å². The molecule has 1 saturated carbocycles. The first-order chi connectivity index (χ1) is 8.13. The zero-order chi connectivity index (χ0) is 12.5. The van der Waals surface area contributed by atoms with Gasteiger partial charge in [0.25, 0.3) is 0 Å². The third kappa shape index (κ3) is 2.09. The van der Waals surface area contributed by atoms with E-state index in [-0.39, 0.29) is 11.6 Å². The molecule has 1 heterocycles.